The third kappa shape index (κ3) is 4.10. The molecule has 0 spiro atoms. The van der Waals surface area contributed by atoms with Crippen LogP contribution in [0.3, 0.4) is 0 Å². The van der Waals surface area contributed by atoms with Crippen LogP contribution in [0.2, 0.25) is 0 Å². The smallest absolute Gasteiger partial charge is 0.120 e. The molecule has 1 unspecified atom stereocenters. The summed E-state index contributed by atoms with van der Waals surface area (Å²) in [5, 5.41) is 8.24. The third-order valence-electron chi connectivity index (χ3n) is 6.20. The molecular formula is C25H28N4OS. The fourth-order valence-electron chi connectivity index (χ4n) is 4.65. The van der Waals surface area contributed by atoms with Gasteiger partial charge < -0.3 is 9.30 Å². The minimum absolute atomic E-state index is 0.149. The van der Waals surface area contributed by atoms with Crippen LogP contribution in [0.15, 0.2) is 72.0 Å². The quantitative estimate of drug-likeness (QED) is 0.388. The second-order valence-corrected chi connectivity index (χ2v) is 10.0. The van der Waals surface area contributed by atoms with Gasteiger partial charge in [-0.1, -0.05) is 12.1 Å². The van der Waals surface area contributed by atoms with Gasteiger partial charge in [-0.2, -0.15) is 5.10 Å². The number of nitrogens with zero attached hydrogens (tertiary/aromatic N) is 3. The lowest BCUT2D eigenvalue weighted by atomic mass is 9.97. The number of hydrogen-bond donors (Lipinski definition) is 1. The standard InChI is InChI=1S/C25H28N4OS/c1-25(2)13-18(17-29(25)31-23-6-4-5-22(12-23)30-3)16-28-10-9-20-11-19(7-8-24(20)28)21-14-26-27-15-21/h4-12,14-15,18H,13,16-17H2,1-3H3,(H,26,27). The second-order valence-electron chi connectivity index (χ2n) is 8.94. The highest BCUT2D eigenvalue weighted by Crippen LogP contribution is 2.42. The van der Waals surface area contributed by atoms with Crippen molar-refractivity contribution in [2.45, 2.75) is 37.2 Å². The number of ether oxygens (including phenoxy) is 1. The summed E-state index contributed by atoms with van der Waals surface area (Å²) in [6, 6.07) is 17.2. The molecule has 5 nitrogen and oxygen atoms in total. The molecule has 1 fully saturated rings. The molecule has 0 amide bonds. The van der Waals surface area contributed by atoms with Crippen molar-refractivity contribution in [1.29, 1.82) is 0 Å². The van der Waals surface area contributed by atoms with Crippen molar-refractivity contribution < 1.29 is 4.74 Å². The van der Waals surface area contributed by atoms with Crippen molar-refractivity contribution in [2.75, 3.05) is 13.7 Å². The SMILES string of the molecule is COc1cccc(SN2CC(Cn3ccc4cc(-c5cn[nH]c5)ccc43)CC2(C)C)c1. The fraction of sp³-hybridized carbons (Fsp3) is 0.320. The van der Waals surface area contributed by atoms with Crippen molar-refractivity contribution in [2.24, 2.45) is 5.92 Å². The van der Waals surface area contributed by atoms with Gasteiger partial charge in [0.2, 0.25) is 0 Å². The second kappa shape index (κ2) is 8.09. The maximum atomic E-state index is 5.40. The summed E-state index contributed by atoms with van der Waals surface area (Å²) >= 11 is 1.84. The Hall–Kier alpha value is -2.70. The molecule has 1 atom stereocenters. The average Bonchev–Trinajstić information content (AvgIpc) is 3.48. The summed E-state index contributed by atoms with van der Waals surface area (Å²) in [5.74, 6) is 1.52. The third-order valence-corrected chi connectivity index (χ3v) is 7.53. The van der Waals surface area contributed by atoms with Gasteiger partial charge in [0.1, 0.15) is 5.75 Å². The van der Waals surface area contributed by atoms with Gasteiger partial charge in [0.05, 0.1) is 13.3 Å². The van der Waals surface area contributed by atoms with Crippen LogP contribution in [0.25, 0.3) is 22.0 Å². The van der Waals surface area contributed by atoms with E-state index in [2.05, 4.69) is 81.6 Å². The monoisotopic (exact) mass is 432 g/mol. The van der Waals surface area contributed by atoms with Crippen LogP contribution >= 0.6 is 11.9 Å². The zero-order chi connectivity index (χ0) is 21.4. The highest BCUT2D eigenvalue weighted by atomic mass is 32.2. The predicted molar refractivity (Wildman–Crippen MR) is 127 cm³/mol. The van der Waals surface area contributed by atoms with E-state index >= 15 is 0 Å². The van der Waals surface area contributed by atoms with Crippen LogP contribution in [0.4, 0.5) is 0 Å². The van der Waals surface area contributed by atoms with E-state index in [4.69, 9.17) is 4.74 Å². The van der Waals surface area contributed by atoms with Gasteiger partial charge >= 0.3 is 0 Å². The van der Waals surface area contributed by atoms with E-state index in [1.807, 2.05) is 30.4 Å². The number of fused-ring (bicyclic) bond motifs is 1. The van der Waals surface area contributed by atoms with Crippen LogP contribution in [0.1, 0.15) is 20.3 Å². The normalized spacial score (nSPS) is 18.6. The lowest BCUT2D eigenvalue weighted by Crippen LogP contribution is -2.32. The summed E-state index contributed by atoms with van der Waals surface area (Å²) in [4.78, 5) is 1.23. The molecule has 0 saturated carbocycles. The van der Waals surface area contributed by atoms with E-state index in [-0.39, 0.29) is 5.54 Å². The summed E-state index contributed by atoms with van der Waals surface area (Å²) in [6.45, 7) is 6.81. The minimum atomic E-state index is 0.149. The Balaban J connectivity index is 1.31. The first kappa shape index (κ1) is 20.2. The Kier molecular flexibility index (Phi) is 5.28. The summed E-state index contributed by atoms with van der Waals surface area (Å²) < 4.78 is 10.3. The van der Waals surface area contributed by atoms with E-state index in [0.717, 1.165) is 24.4 Å². The maximum Gasteiger partial charge on any atom is 0.120 e. The summed E-state index contributed by atoms with van der Waals surface area (Å²) in [6.07, 6.45) is 7.21. The number of methoxy groups -OCH3 is 1. The number of nitrogens with one attached hydrogen (secondary N) is 1. The number of H-pyrrole nitrogens is 1. The molecule has 4 aromatic rings. The van der Waals surface area contributed by atoms with Gasteiger partial charge in [-0.05, 0) is 80.1 Å². The van der Waals surface area contributed by atoms with Crippen LogP contribution in [0, 0.1) is 5.92 Å². The van der Waals surface area contributed by atoms with Gasteiger partial charge in [0, 0.05) is 52.4 Å². The van der Waals surface area contributed by atoms with Gasteiger partial charge in [-0.15, -0.1) is 0 Å². The highest BCUT2D eigenvalue weighted by molar-refractivity contribution is 7.97. The minimum Gasteiger partial charge on any atom is -0.497 e. The molecule has 5 rings (SSSR count). The molecule has 1 N–H and O–H groups in total. The molecule has 0 aliphatic carbocycles. The molecule has 1 aliphatic rings. The lowest BCUT2D eigenvalue weighted by Gasteiger charge is -2.30. The Morgan fingerprint density at radius 1 is 1.16 bits per heavy atom. The Labute approximate surface area is 187 Å². The van der Waals surface area contributed by atoms with Gasteiger partial charge in [-0.25, -0.2) is 4.31 Å². The fourth-order valence-corrected chi connectivity index (χ4v) is 5.82. The molecule has 0 radical (unpaired) electrons. The molecule has 1 saturated heterocycles. The van der Waals surface area contributed by atoms with Crippen LogP contribution < -0.4 is 4.74 Å². The van der Waals surface area contributed by atoms with Crippen molar-refractivity contribution >= 4 is 22.9 Å². The van der Waals surface area contributed by atoms with E-state index in [1.54, 1.807) is 7.11 Å². The van der Waals surface area contributed by atoms with E-state index < -0.39 is 0 Å². The lowest BCUT2D eigenvalue weighted by molar-refractivity contribution is 0.319. The molecule has 3 heterocycles. The van der Waals surface area contributed by atoms with Crippen LogP contribution in [0.5, 0.6) is 5.75 Å². The summed E-state index contributed by atoms with van der Waals surface area (Å²) in [7, 11) is 1.72. The molecule has 1 aliphatic heterocycles. The number of rotatable bonds is 6. The van der Waals surface area contributed by atoms with Crippen molar-refractivity contribution in [3.05, 3.63) is 67.1 Å². The molecule has 0 bridgehead atoms. The number of aromatic amines is 1. The molecular weight excluding hydrogens is 404 g/mol. The first-order valence-corrected chi connectivity index (χ1v) is 11.5. The Morgan fingerprint density at radius 3 is 2.87 bits per heavy atom. The number of aromatic nitrogens is 3. The molecule has 2 aromatic carbocycles. The van der Waals surface area contributed by atoms with E-state index in [0.29, 0.717) is 5.92 Å². The van der Waals surface area contributed by atoms with E-state index in [1.165, 1.54) is 27.8 Å². The van der Waals surface area contributed by atoms with Gasteiger partial charge in [0.15, 0.2) is 0 Å². The first-order chi connectivity index (χ1) is 15.0. The Bertz CT molecular complexity index is 1180. The molecule has 160 valence electrons. The molecule has 31 heavy (non-hydrogen) atoms. The Morgan fingerprint density at radius 2 is 2.06 bits per heavy atom. The van der Waals surface area contributed by atoms with Crippen molar-refractivity contribution in [3.63, 3.8) is 0 Å². The van der Waals surface area contributed by atoms with Crippen molar-refractivity contribution in [1.82, 2.24) is 19.1 Å². The number of hydrogen-bond acceptors (Lipinski definition) is 4. The van der Waals surface area contributed by atoms with Gasteiger partial charge in [-0.3, -0.25) is 5.10 Å². The summed E-state index contributed by atoms with van der Waals surface area (Å²) in [5.41, 5.74) is 3.76. The van der Waals surface area contributed by atoms with Crippen LogP contribution in [-0.2, 0) is 6.54 Å². The van der Waals surface area contributed by atoms with Crippen LogP contribution in [-0.4, -0.2) is 38.3 Å². The maximum absolute atomic E-state index is 5.40. The van der Waals surface area contributed by atoms with E-state index in [9.17, 15) is 0 Å². The first-order valence-electron chi connectivity index (χ1n) is 10.7. The molecule has 6 heteroatoms. The molecule has 2 aromatic heterocycles. The number of benzene rings is 2. The zero-order valence-electron chi connectivity index (χ0n) is 18.2. The van der Waals surface area contributed by atoms with Crippen molar-refractivity contribution in [3.8, 4) is 16.9 Å². The largest absolute Gasteiger partial charge is 0.497 e. The highest BCUT2D eigenvalue weighted by Gasteiger charge is 2.39. The zero-order valence-corrected chi connectivity index (χ0v) is 19.0. The topological polar surface area (TPSA) is 46.1 Å². The van der Waals surface area contributed by atoms with Gasteiger partial charge in [0.25, 0.3) is 0 Å². The predicted octanol–water partition coefficient (Wildman–Crippen LogP) is 5.85. The average molecular weight is 433 g/mol.